The number of benzene rings is 3. The van der Waals surface area contributed by atoms with E-state index in [0.29, 0.717) is 22.4 Å². The summed E-state index contributed by atoms with van der Waals surface area (Å²) in [7, 11) is 0. The highest BCUT2D eigenvalue weighted by atomic mass is 35.5. The number of anilines is 3. The average Bonchev–Trinajstić information content (AvgIpc) is 0.725. The molecule has 27 nitrogen and oxygen atoms in total. The molecule has 3 saturated heterocycles. The van der Waals surface area contributed by atoms with Gasteiger partial charge in [0.05, 0.1) is 142 Å². The van der Waals surface area contributed by atoms with E-state index in [4.69, 9.17) is 164 Å². The van der Waals surface area contributed by atoms with Gasteiger partial charge in [0.2, 0.25) is 17.7 Å². The van der Waals surface area contributed by atoms with Gasteiger partial charge in [-0.25, -0.2) is 28.1 Å². The zero-order valence-electron chi connectivity index (χ0n) is 77.6. The normalized spacial score (nSPS) is 17.0. The molecular formula is C99H83Cl12F3N18O9. The fourth-order valence-corrected chi connectivity index (χ4v) is 22.0. The van der Waals surface area contributed by atoms with Crippen LogP contribution in [0.3, 0.4) is 0 Å². The number of rotatable bonds is 17. The average molecular weight is 2150 g/mol. The third-order valence-electron chi connectivity index (χ3n) is 25.4. The Labute approximate surface area is 865 Å². The minimum Gasteiger partial charge on any atom is -0.506 e. The number of aromatic nitrogens is 9. The maximum Gasteiger partial charge on any atom is 0.276 e. The van der Waals surface area contributed by atoms with E-state index in [1.165, 1.54) is 53.1 Å². The number of piperazine rings is 3. The molecule has 3 N–H and O–H groups in total. The van der Waals surface area contributed by atoms with Gasteiger partial charge in [-0.3, -0.25) is 57.4 Å². The number of hydrogen-bond acceptors (Lipinski definition) is 21. The summed E-state index contributed by atoms with van der Waals surface area (Å²) < 4.78 is 53.3. The third kappa shape index (κ3) is 17.7. The van der Waals surface area contributed by atoms with E-state index in [1.54, 1.807) is 144 Å². The fourth-order valence-electron chi connectivity index (χ4n) is 19.4. The van der Waals surface area contributed by atoms with Crippen molar-refractivity contribution in [2.24, 2.45) is 0 Å². The van der Waals surface area contributed by atoms with Crippen molar-refractivity contribution >= 4 is 219 Å². The number of nitriles is 3. The van der Waals surface area contributed by atoms with E-state index < -0.39 is 190 Å². The number of phenolic OH excluding ortho intramolecular Hbond substituents is 3. The molecule has 42 heteroatoms. The van der Waals surface area contributed by atoms with Crippen molar-refractivity contribution in [3.05, 3.63) is 238 Å². The molecule has 141 heavy (non-hydrogen) atoms. The first-order valence-corrected chi connectivity index (χ1v) is 48.5. The molecule has 9 aromatic heterocycles. The van der Waals surface area contributed by atoms with Crippen LogP contribution < -0.4 is 31.4 Å². The highest BCUT2D eigenvalue weighted by Crippen LogP contribution is 2.54. The predicted octanol–water partition coefficient (Wildman–Crippen LogP) is 23.1. The number of aromatic hydroxyl groups is 3. The Hall–Kier alpha value is -11.6. The number of carbonyl (C=O) groups is 3. The van der Waals surface area contributed by atoms with Gasteiger partial charge >= 0.3 is 0 Å². The molecule has 0 saturated carbocycles. The Morgan fingerprint density at radius 2 is 0.674 bits per heavy atom. The van der Waals surface area contributed by atoms with Crippen LogP contribution in [0.5, 0.6) is 17.2 Å². The second kappa shape index (κ2) is 39.9. The highest BCUT2D eigenvalue weighted by Gasteiger charge is 2.43. The molecule has 0 spiro atoms. The zero-order chi connectivity index (χ0) is 103. The molecule has 3 aromatic carbocycles. The van der Waals surface area contributed by atoms with Crippen molar-refractivity contribution in [3.63, 3.8) is 0 Å². The lowest BCUT2D eigenvalue weighted by atomic mass is 10.00. The van der Waals surface area contributed by atoms with Gasteiger partial charge in [0.1, 0.15) is 84.2 Å². The first-order chi connectivity index (χ1) is 66.5. The summed E-state index contributed by atoms with van der Waals surface area (Å²) in [4.78, 5) is 130. The summed E-state index contributed by atoms with van der Waals surface area (Å²) in [5, 5.41) is 62.7. The van der Waals surface area contributed by atoms with Crippen LogP contribution in [-0.4, -0.2) is 167 Å². The lowest BCUT2D eigenvalue weighted by Crippen LogP contribution is -2.58. The van der Waals surface area contributed by atoms with Gasteiger partial charge in [0.15, 0.2) is 17.5 Å². The summed E-state index contributed by atoms with van der Waals surface area (Å²) >= 11 is 78.7. The second-order valence-corrected chi connectivity index (χ2v) is 40.5. The number of amides is 3. The van der Waals surface area contributed by atoms with Crippen molar-refractivity contribution in [2.75, 3.05) is 54.0 Å². The lowest BCUT2D eigenvalue weighted by molar-refractivity contribution is -0.131. The van der Waals surface area contributed by atoms with Crippen LogP contribution >= 0.6 is 139 Å². The topological polar surface area (TPSA) is 346 Å². The Morgan fingerprint density at radius 3 is 0.936 bits per heavy atom. The number of nitrogens with zero attached hydrogens (tertiary/aromatic N) is 18. The number of carbonyl (C=O) groups excluding carboxylic acids is 3. The summed E-state index contributed by atoms with van der Waals surface area (Å²) in [6, 6.07) is 11.5. The summed E-state index contributed by atoms with van der Waals surface area (Å²) in [6.45, 7) is 30.3. The van der Waals surface area contributed by atoms with Gasteiger partial charge in [-0.15, -0.1) is 0 Å². The van der Waals surface area contributed by atoms with Crippen LogP contribution in [-0.2, 0) is 14.4 Å². The Bertz CT molecular complexity index is 7770. The maximum atomic E-state index is 16.9. The van der Waals surface area contributed by atoms with Gasteiger partial charge in [0, 0.05) is 110 Å². The van der Waals surface area contributed by atoms with Crippen molar-refractivity contribution in [1.82, 2.24) is 58.3 Å². The number of halogens is 15. The zero-order valence-corrected chi connectivity index (χ0v) is 86.7. The number of fused-ring (bicyclic) bond motifs is 3. The van der Waals surface area contributed by atoms with Gasteiger partial charge < -0.3 is 44.7 Å². The molecule has 3 aliphatic heterocycles. The minimum absolute atomic E-state index is 0.00287. The second-order valence-electron chi connectivity index (χ2n) is 35.9. The van der Waals surface area contributed by atoms with Crippen LogP contribution in [0.15, 0.2) is 81.8 Å². The third-order valence-corrected chi connectivity index (χ3v) is 30.1. The smallest absolute Gasteiger partial charge is 0.276 e. The molecule has 3 amide bonds. The van der Waals surface area contributed by atoms with Gasteiger partial charge in [0.25, 0.3) is 16.7 Å². The van der Waals surface area contributed by atoms with Crippen LogP contribution in [0.1, 0.15) is 163 Å². The monoisotopic (exact) mass is 2140 g/mol. The SMILES string of the molecule is C=CC(=O)N1[C@H](C)CN(c2c(C#N)c(=O)n(-c3c(C)cc(/C=C\C(=O)N4[C@H](C)CN(c5c(C#N)c(=O)n(-c6c(C)cc(/C=C\C(=O)N7[C@H](C)CN(c8c(C#N)c(=O)n(-c9c(C)ccnc9C(C)C)c9nc(-c%10c(O)c(Cl)c(Cl)c(Cl)c%10F)c(Cl)cc89)C[C@@H]7C)nc6C(C)C)c6nc(-c7c(O)c(Cl)c(Cl)c(Cl)c7F)c(Cl)cc56)C[C@@H]4C)nc3C(C)C)c3nc(-c4c(O)c(Cl)c(Cl)c(Cl)c4F)c(Cl)cc23)C[C@@H]1C. The van der Waals surface area contributed by atoms with Crippen LogP contribution in [0, 0.1) is 72.2 Å². The Balaban J connectivity index is 0.771. The van der Waals surface area contributed by atoms with Gasteiger partial charge in [-0.2, -0.15) is 15.8 Å². The standard InChI is InChI=1S/C99H83Cl12F3N18O9/c1-17-61(133)127-44(11)32-124(33-45(127)12)89-53-27-59(101)83(65-77(113)71(107)68(104)74(110)92(65)137)122-95(53)131(98(140)56(89)30-116)86-42(9)24-50(119-80(86)39(4)5)19-21-63(135)129-48(15)36-126(37-49(129)16)90-54-28-60(102)84(66-78(114)72(108)69(105)75(111)93(66)138)123-96(54)132(99(141)57(90)31-117)87-43(10)25-51(120-81(87)40(6)7)18-20-62(134)128-46(13)34-125(35-47(128)14)88-52-26-58(100)82(64-76(112)70(106)67(103)73(109)91(64)136)121-94(52)130(97(139)55(88)29-115)85-41(8)22-23-118-79(85)38(2)3/h17-28,38-40,44-49,136-138H,1,32-37H2,2-16H3/b20-18-,21-19-/t44-,45+,46-,47+,48-,49+. The van der Waals surface area contributed by atoms with Gasteiger partial charge in [-0.05, 0) is 151 Å². The lowest BCUT2D eigenvalue weighted by Gasteiger charge is -2.45. The maximum absolute atomic E-state index is 16.9. The van der Waals surface area contributed by atoms with Crippen molar-refractivity contribution < 1.29 is 42.9 Å². The molecule has 3 fully saturated rings. The number of phenols is 3. The van der Waals surface area contributed by atoms with E-state index >= 15 is 32.3 Å². The van der Waals surface area contributed by atoms with Crippen LogP contribution in [0.2, 0.25) is 60.3 Å². The predicted molar refractivity (Wildman–Crippen MR) is 550 cm³/mol. The summed E-state index contributed by atoms with van der Waals surface area (Å²) in [5.41, 5.74) is -4.34. The molecule has 0 aliphatic carbocycles. The summed E-state index contributed by atoms with van der Waals surface area (Å²) in [5.74, 6) is -9.17. The fraction of sp³-hybridized carbons (Fsp3) is 0.303. The molecule has 12 aromatic rings. The van der Waals surface area contributed by atoms with Crippen LogP contribution in [0.25, 0.3) is 96.1 Å². The highest BCUT2D eigenvalue weighted by molar-refractivity contribution is 6.51. The van der Waals surface area contributed by atoms with E-state index in [-0.39, 0.29) is 173 Å². The van der Waals surface area contributed by atoms with Crippen molar-refractivity contribution in [3.8, 4) is 86.3 Å². The van der Waals surface area contributed by atoms with Gasteiger partial charge in [-0.1, -0.05) is 187 Å². The first kappa shape index (κ1) is 104. The Morgan fingerprint density at radius 1 is 0.404 bits per heavy atom. The summed E-state index contributed by atoms with van der Waals surface area (Å²) in [6.07, 6.45) is 8.34. The molecule has 6 atom stereocenters. The Kier molecular flexibility index (Phi) is 29.4. The molecule has 15 rings (SSSR count). The van der Waals surface area contributed by atoms with Crippen molar-refractivity contribution in [1.29, 1.82) is 15.8 Å². The molecule has 0 radical (unpaired) electrons. The van der Waals surface area contributed by atoms with E-state index in [2.05, 4.69) is 29.8 Å². The first-order valence-electron chi connectivity index (χ1n) is 43.9. The minimum atomic E-state index is -1.29. The number of aryl methyl sites for hydroxylation is 3. The molecule has 12 heterocycles. The number of pyridine rings is 9. The quantitative estimate of drug-likeness (QED) is 0.0433. The van der Waals surface area contributed by atoms with Crippen LogP contribution in [0.4, 0.5) is 30.2 Å². The largest absolute Gasteiger partial charge is 0.506 e. The molecule has 3 aliphatic rings. The molecule has 0 unspecified atom stereocenters. The van der Waals surface area contributed by atoms with E-state index in [1.807, 2.05) is 13.8 Å². The van der Waals surface area contributed by atoms with Crippen molar-refractivity contribution in [2.45, 2.75) is 158 Å². The van der Waals surface area contributed by atoms with E-state index in [9.17, 15) is 40.7 Å². The molecular weight excluding hydrogens is 2070 g/mol. The van der Waals surface area contributed by atoms with E-state index in [0.717, 1.165) is 9.13 Å². The molecule has 0 bridgehead atoms. The number of hydrogen-bond donors (Lipinski definition) is 3. The molecule has 728 valence electrons.